The van der Waals surface area contributed by atoms with Crippen molar-refractivity contribution in [3.63, 3.8) is 0 Å². The van der Waals surface area contributed by atoms with Gasteiger partial charge in [0.2, 0.25) is 0 Å². The van der Waals surface area contributed by atoms with Crippen molar-refractivity contribution in [1.82, 2.24) is 4.90 Å². The van der Waals surface area contributed by atoms with Crippen molar-refractivity contribution in [1.29, 1.82) is 5.26 Å². The number of nitrogens with zero attached hydrogens (tertiary/aromatic N) is 2. The van der Waals surface area contributed by atoms with E-state index in [-0.39, 0.29) is 0 Å². The van der Waals surface area contributed by atoms with Crippen molar-refractivity contribution in [2.45, 2.75) is 32.4 Å². The molecule has 2 N–H and O–H groups in total. The van der Waals surface area contributed by atoms with Gasteiger partial charge in [0.1, 0.15) is 5.54 Å². The van der Waals surface area contributed by atoms with Gasteiger partial charge in [-0.3, -0.25) is 4.90 Å². The van der Waals surface area contributed by atoms with Gasteiger partial charge >= 0.3 is 0 Å². The van der Waals surface area contributed by atoms with E-state index < -0.39 is 5.54 Å². The van der Waals surface area contributed by atoms with Gasteiger partial charge in [-0.2, -0.15) is 5.26 Å². The van der Waals surface area contributed by atoms with E-state index >= 15 is 0 Å². The normalized spacial score (nSPS) is 14.6. The molecule has 3 heteroatoms. The molecule has 17 heavy (non-hydrogen) atoms. The third kappa shape index (κ3) is 3.29. The Morgan fingerprint density at radius 2 is 1.94 bits per heavy atom. The van der Waals surface area contributed by atoms with Crippen molar-refractivity contribution in [2.75, 3.05) is 13.1 Å². The number of rotatable bonds is 5. The SMILES string of the molecule is CCN(CC(N)(C#N)c1ccccc1)C(C)C. The van der Waals surface area contributed by atoms with E-state index in [0.29, 0.717) is 12.6 Å². The smallest absolute Gasteiger partial charge is 0.142 e. The summed E-state index contributed by atoms with van der Waals surface area (Å²) in [5.74, 6) is 0. The predicted molar refractivity (Wildman–Crippen MR) is 70.3 cm³/mol. The van der Waals surface area contributed by atoms with Crippen LogP contribution in [0.4, 0.5) is 0 Å². The Bertz CT molecular complexity index is 380. The van der Waals surface area contributed by atoms with Crippen molar-refractivity contribution in [3.05, 3.63) is 35.9 Å². The third-order valence-electron chi connectivity index (χ3n) is 3.08. The van der Waals surface area contributed by atoms with Crippen molar-refractivity contribution >= 4 is 0 Å². The van der Waals surface area contributed by atoms with Crippen molar-refractivity contribution in [3.8, 4) is 6.07 Å². The van der Waals surface area contributed by atoms with Crippen LogP contribution in [0.3, 0.4) is 0 Å². The second-order valence-corrected chi connectivity index (χ2v) is 4.61. The van der Waals surface area contributed by atoms with E-state index in [4.69, 9.17) is 5.73 Å². The summed E-state index contributed by atoms with van der Waals surface area (Å²) in [6, 6.07) is 12.2. The zero-order valence-corrected chi connectivity index (χ0v) is 10.9. The Balaban J connectivity index is 2.94. The molecule has 0 radical (unpaired) electrons. The highest BCUT2D eigenvalue weighted by Gasteiger charge is 2.30. The van der Waals surface area contributed by atoms with E-state index in [0.717, 1.165) is 12.1 Å². The fourth-order valence-electron chi connectivity index (χ4n) is 1.91. The minimum atomic E-state index is -0.929. The molecule has 0 bridgehead atoms. The zero-order chi connectivity index (χ0) is 12.9. The first-order valence-corrected chi connectivity index (χ1v) is 6.03. The third-order valence-corrected chi connectivity index (χ3v) is 3.08. The highest BCUT2D eigenvalue weighted by Crippen LogP contribution is 2.19. The molecule has 0 saturated carbocycles. The minimum absolute atomic E-state index is 0.389. The number of hydrogen-bond acceptors (Lipinski definition) is 3. The summed E-state index contributed by atoms with van der Waals surface area (Å²) in [6.45, 7) is 7.77. The maximum absolute atomic E-state index is 9.36. The van der Waals surface area contributed by atoms with Gasteiger partial charge in [0, 0.05) is 12.6 Å². The van der Waals surface area contributed by atoms with Crippen LogP contribution in [-0.4, -0.2) is 24.0 Å². The average Bonchev–Trinajstić information content (AvgIpc) is 2.36. The van der Waals surface area contributed by atoms with E-state index in [2.05, 4.69) is 31.7 Å². The first kappa shape index (κ1) is 13.7. The number of likely N-dealkylation sites (N-methyl/N-ethyl adjacent to an activating group) is 1. The number of hydrogen-bond donors (Lipinski definition) is 1. The summed E-state index contributed by atoms with van der Waals surface area (Å²) < 4.78 is 0. The van der Waals surface area contributed by atoms with Crippen LogP contribution in [0.2, 0.25) is 0 Å². The molecule has 0 spiro atoms. The Morgan fingerprint density at radius 1 is 1.35 bits per heavy atom. The zero-order valence-electron chi connectivity index (χ0n) is 10.9. The lowest BCUT2D eigenvalue weighted by Crippen LogP contribution is -2.48. The first-order chi connectivity index (χ1) is 8.03. The van der Waals surface area contributed by atoms with Gasteiger partial charge in [-0.05, 0) is 26.0 Å². The molecule has 1 rings (SSSR count). The highest BCUT2D eigenvalue weighted by molar-refractivity contribution is 5.31. The van der Waals surface area contributed by atoms with Gasteiger partial charge in [-0.25, -0.2) is 0 Å². The molecule has 1 atom stereocenters. The second-order valence-electron chi connectivity index (χ2n) is 4.61. The van der Waals surface area contributed by atoms with E-state index in [9.17, 15) is 5.26 Å². The maximum atomic E-state index is 9.36. The molecular formula is C14H21N3. The van der Waals surface area contributed by atoms with Crippen LogP contribution in [0.15, 0.2) is 30.3 Å². The molecule has 1 aromatic carbocycles. The maximum Gasteiger partial charge on any atom is 0.142 e. The van der Waals surface area contributed by atoms with E-state index in [1.165, 1.54) is 0 Å². The van der Waals surface area contributed by atoms with E-state index in [1.807, 2.05) is 30.3 Å². The van der Waals surface area contributed by atoms with Crippen molar-refractivity contribution < 1.29 is 0 Å². The van der Waals surface area contributed by atoms with Crippen molar-refractivity contribution in [2.24, 2.45) is 5.73 Å². The molecule has 0 saturated heterocycles. The number of nitrogens with two attached hydrogens (primary N) is 1. The monoisotopic (exact) mass is 231 g/mol. The highest BCUT2D eigenvalue weighted by atomic mass is 15.2. The van der Waals surface area contributed by atoms with Gasteiger partial charge < -0.3 is 5.73 Å². The van der Waals surface area contributed by atoms with Crippen LogP contribution < -0.4 is 5.73 Å². The molecule has 1 aromatic rings. The van der Waals surface area contributed by atoms with Gasteiger partial charge in [0.15, 0.2) is 0 Å². The fourth-order valence-corrected chi connectivity index (χ4v) is 1.91. The molecule has 3 nitrogen and oxygen atoms in total. The van der Waals surface area contributed by atoms with Crippen LogP contribution in [0, 0.1) is 11.3 Å². The Morgan fingerprint density at radius 3 is 2.35 bits per heavy atom. The van der Waals surface area contributed by atoms with Crippen LogP contribution in [0.5, 0.6) is 0 Å². The fraction of sp³-hybridized carbons (Fsp3) is 0.500. The number of benzene rings is 1. The largest absolute Gasteiger partial charge is 0.309 e. The molecule has 0 amide bonds. The summed E-state index contributed by atoms with van der Waals surface area (Å²) in [7, 11) is 0. The quantitative estimate of drug-likeness (QED) is 0.844. The molecular weight excluding hydrogens is 210 g/mol. The summed E-state index contributed by atoms with van der Waals surface area (Å²) in [5, 5.41) is 9.36. The van der Waals surface area contributed by atoms with Crippen LogP contribution in [0.25, 0.3) is 0 Å². The lowest BCUT2D eigenvalue weighted by Gasteiger charge is -2.32. The summed E-state index contributed by atoms with van der Waals surface area (Å²) in [4.78, 5) is 2.20. The van der Waals surface area contributed by atoms with Crippen LogP contribution in [-0.2, 0) is 5.54 Å². The summed E-state index contributed by atoms with van der Waals surface area (Å²) >= 11 is 0. The molecule has 0 fully saturated rings. The summed E-state index contributed by atoms with van der Waals surface area (Å²) in [5.41, 5.74) is 6.18. The second kappa shape index (κ2) is 5.81. The first-order valence-electron chi connectivity index (χ1n) is 6.03. The predicted octanol–water partition coefficient (Wildman–Crippen LogP) is 2.09. The number of nitriles is 1. The molecule has 92 valence electrons. The van der Waals surface area contributed by atoms with Crippen LogP contribution in [0.1, 0.15) is 26.3 Å². The molecule has 0 aliphatic carbocycles. The van der Waals surface area contributed by atoms with Gasteiger partial charge in [-0.1, -0.05) is 37.3 Å². The lowest BCUT2D eigenvalue weighted by atomic mass is 9.91. The average molecular weight is 231 g/mol. The Kier molecular flexibility index (Phi) is 4.68. The van der Waals surface area contributed by atoms with Gasteiger partial charge in [0.05, 0.1) is 6.07 Å². The van der Waals surface area contributed by atoms with E-state index in [1.54, 1.807) is 0 Å². The minimum Gasteiger partial charge on any atom is -0.309 e. The van der Waals surface area contributed by atoms with Gasteiger partial charge in [-0.15, -0.1) is 0 Å². The summed E-state index contributed by atoms with van der Waals surface area (Å²) in [6.07, 6.45) is 0. The lowest BCUT2D eigenvalue weighted by molar-refractivity contribution is 0.199. The standard InChI is InChI=1S/C14H21N3/c1-4-17(12(2)3)11-14(16,10-15)13-8-6-5-7-9-13/h5-9,12H,4,11,16H2,1-3H3. The molecule has 0 aromatic heterocycles. The molecule has 0 aliphatic rings. The Hall–Kier alpha value is -1.37. The van der Waals surface area contributed by atoms with Gasteiger partial charge in [0.25, 0.3) is 0 Å². The molecule has 1 unspecified atom stereocenters. The molecule has 0 aliphatic heterocycles. The molecule has 0 heterocycles. The Labute approximate surface area is 104 Å². The van der Waals surface area contributed by atoms with Crippen LogP contribution >= 0.6 is 0 Å². The topological polar surface area (TPSA) is 53.0 Å².